The second-order valence-corrected chi connectivity index (χ2v) is 3.23. The highest BCUT2D eigenvalue weighted by atomic mass is 16.5. The molecule has 6 nitrogen and oxygen atoms in total. The molecular formula is C10H13N3O3. The van der Waals surface area contributed by atoms with E-state index in [4.69, 9.17) is 20.3 Å². The number of aryl methyl sites for hydroxylation is 1. The van der Waals surface area contributed by atoms with E-state index in [0.717, 1.165) is 0 Å². The number of hydrogen-bond acceptors (Lipinski definition) is 6. The van der Waals surface area contributed by atoms with Crippen molar-refractivity contribution in [1.82, 2.24) is 5.16 Å². The quantitative estimate of drug-likeness (QED) is 0.748. The van der Waals surface area contributed by atoms with Crippen molar-refractivity contribution >= 4 is 5.97 Å². The van der Waals surface area contributed by atoms with Crippen LogP contribution in [-0.4, -0.2) is 23.8 Å². The molecule has 1 aromatic heterocycles. The van der Waals surface area contributed by atoms with E-state index in [1.165, 1.54) is 0 Å². The van der Waals surface area contributed by atoms with Crippen LogP contribution in [-0.2, 0) is 11.2 Å². The number of carbonyl (C=O) groups excluding carboxylic acids is 1. The maximum absolute atomic E-state index is 11.5. The van der Waals surface area contributed by atoms with Crippen LogP contribution in [0.15, 0.2) is 4.52 Å². The molecule has 0 aliphatic carbocycles. The number of rotatable bonds is 4. The van der Waals surface area contributed by atoms with E-state index in [1.54, 1.807) is 13.8 Å². The van der Waals surface area contributed by atoms with Crippen LogP contribution in [0.25, 0.3) is 0 Å². The van der Waals surface area contributed by atoms with Gasteiger partial charge in [0.25, 0.3) is 0 Å². The third-order valence-corrected chi connectivity index (χ3v) is 2.04. The van der Waals surface area contributed by atoms with E-state index in [9.17, 15) is 4.79 Å². The maximum atomic E-state index is 11.5. The van der Waals surface area contributed by atoms with Crippen molar-refractivity contribution in [3.05, 3.63) is 17.0 Å². The van der Waals surface area contributed by atoms with Crippen LogP contribution in [0.2, 0.25) is 0 Å². The fourth-order valence-electron chi connectivity index (χ4n) is 1.26. The molecule has 0 aromatic carbocycles. The van der Waals surface area contributed by atoms with Crippen molar-refractivity contribution in [2.75, 3.05) is 6.61 Å². The lowest BCUT2D eigenvalue weighted by Gasteiger charge is -2.03. The molecule has 86 valence electrons. The molecule has 0 amide bonds. The minimum atomic E-state index is -0.689. The highest BCUT2D eigenvalue weighted by Gasteiger charge is 2.22. The third kappa shape index (κ3) is 2.58. The molecule has 1 rings (SSSR count). The first-order chi connectivity index (χ1) is 7.60. The average molecular weight is 223 g/mol. The molecule has 0 spiro atoms. The minimum Gasteiger partial charge on any atom is -0.461 e. The summed E-state index contributed by atoms with van der Waals surface area (Å²) in [5, 5.41) is 12.2. The molecule has 0 radical (unpaired) electrons. The molecule has 1 heterocycles. The topological polar surface area (TPSA) is 102 Å². The molecule has 1 aromatic rings. The predicted molar refractivity (Wildman–Crippen MR) is 54.5 cm³/mol. The number of nitriles is 1. The van der Waals surface area contributed by atoms with Gasteiger partial charge in [0, 0.05) is 12.0 Å². The first kappa shape index (κ1) is 12.2. The summed E-state index contributed by atoms with van der Waals surface area (Å²) < 4.78 is 9.70. The van der Waals surface area contributed by atoms with Crippen LogP contribution in [0.5, 0.6) is 0 Å². The first-order valence-electron chi connectivity index (χ1n) is 4.87. The molecule has 1 atom stereocenters. The number of hydrogen-bond donors (Lipinski definition) is 1. The molecular weight excluding hydrogens is 210 g/mol. The molecule has 0 aliphatic rings. The Bertz CT molecular complexity index is 419. The van der Waals surface area contributed by atoms with Crippen LogP contribution in [0.3, 0.4) is 0 Å². The van der Waals surface area contributed by atoms with Gasteiger partial charge in [-0.2, -0.15) is 5.26 Å². The second-order valence-electron chi connectivity index (χ2n) is 3.23. The van der Waals surface area contributed by atoms with Gasteiger partial charge in [-0.05, 0) is 13.8 Å². The molecule has 16 heavy (non-hydrogen) atoms. The second kappa shape index (κ2) is 5.28. The van der Waals surface area contributed by atoms with E-state index in [0.29, 0.717) is 11.3 Å². The smallest absolute Gasteiger partial charge is 0.360 e. The van der Waals surface area contributed by atoms with Crippen LogP contribution >= 0.6 is 0 Å². The highest BCUT2D eigenvalue weighted by molar-refractivity contribution is 5.89. The van der Waals surface area contributed by atoms with Gasteiger partial charge in [0.2, 0.25) is 0 Å². The molecule has 1 unspecified atom stereocenters. The highest BCUT2D eigenvalue weighted by Crippen LogP contribution is 2.16. The van der Waals surface area contributed by atoms with E-state index in [-0.39, 0.29) is 18.7 Å². The summed E-state index contributed by atoms with van der Waals surface area (Å²) in [6, 6.07) is 1.20. The van der Waals surface area contributed by atoms with Crippen molar-refractivity contribution in [3.8, 4) is 6.07 Å². The Morgan fingerprint density at radius 3 is 3.00 bits per heavy atom. The van der Waals surface area contributed by atoms with E-state index < -0.39 is 12.0 Å². The Balaban J connectivity index is 2.94. The number of carbonyl (C=O) groups is 1. The van der Waals surface area contributed by atoms with Crippen molar-refractivity contribution in [2.24, 2.45) is 5.73 Å². The minimum absolute atomic E-state index is 0.102. The standard InChI is InChI=1S/C10H13N3O3/c1-3-15-10(14)9-8(4-7(12)5-11)6(2)16-13-9/h7H,3-4,12H2,1-2H3. The summed E-state index contributed by atoms with van der Waals surface area (Å²) in [7, 11) is 0. The van der Waals surface area contributed by atoms with Crippen molar-refractivity contribution in [2.45, 2.75) is 26.3 Å². The van der Waals surface area contributed by atoms with Crippen LogP contribution < -0.4 is 5.73 Å². The van der Waals surface area contributed by atoms with Gasteiger partial charge in [0.05, 0.1) is 18.7 Å². The predicted octanol–water partition coefficient (Wildman–Crippen LogP) is 0.553. The van der Waals surface area contributed by atoms with Gasteiger partial charge < -0.3 is 15.0 Å². The maximum Gasteiger partial charge on any atom is 0.360 e. The molecule has 2 N–H and O–H groups in total. The summed E-state index contributed by atoms with van der Waals surface area (Å²) in [6.07, 6.45) is 0.222. The van der Waals surface area contributed by atoms with Crippen molar-refractivity contribution in [3.63, 3.8) is 0 Å². The SMILES string of the molecule is CCOC(=O)c1noc(C)c1CC(N)C#N. The summed E-state index contributed by atoms with van der Waals surface area (Å²) in [5.74, 6) is -0.0757. The fourth-order valence-corrected chi connectivity index (χ4v) is 1.26. The zero-order valence-electron chi connectivity index (χ0n) is 9.19. The Morgan fingerprint density at radius 2 is 2.44 bits per heavy atom. The Kier molecular flexibility index (Phi) is 4.03. The third-order valence-electron chi connectivity index (χ3n) is 2.04. The van der Waals surface area contributed by atoms with Gasteiger partial charge in [-0.15, -0.1) is 0 Å². The number of nitrogens with zero attached hydrogens (tertiary/aromatic N) is 2. The molecule has 0 fully saturated rings. The first-order valence-corrected chi connectivity index (χ1v) is 4.87. The van der Waals surface area contributed by atoms with Crippen molar-refractivity contribution in [1.29, 1.82) is 5.26 Å². The van der Waals surface area contributed by atoms with Gasteiger partial charge in [-0.1, -0.05) is 5.16 Å². The van der Waals surface area contributed by atoms with E-state index in [1.807, 2.05) is 6.07 Å². The fraction of sp³-hybridized carbons (Fsp3) is 0.500. The van der Waals surface area contributed by atoms with E-state index >= 15 is 0 Å². The molecule has 0 saturated carbocycles. The summed E-state index contributed by atoms with van der Waals surface area (Å²) in [6.45, 7) is 3.62. The summed E-state index contributed by atoms with van der Waals surface area (Å²) >= 11 is 0. The van der Waals surface area contributed by atoms with Crippen LogP contribution in [0.4, 0.5) is 0 Å². The van der Waals surface area contributed by atoms with Gasteiger partial charge >= 0.3 is 5.97 Å². The monoisotopic (exact) mass is 223 g/mol. The Morgan fingerprint density at radius 1 is 1.75 bits per heavy atom. The number of ether oxygens (including phenoxy) is 1. The van der Waals surface area contributed by atoms with E-state index in [2.05, 4.69) is 5.16 Å². The summed E-state index contributed by atoms with van der Waals surface area (Å²) in [4.78, 5) is 11.5. The Hall–Kier alpha value is -1.87. The molecule has 0 bridgehead atoms. The van der Waals surface area contributed by atoms with Gasteiger partial charge in [-0.3, -0.25) is 0 Å². The average Bonchev–Trinajstić information content (AvgIpc) is 2.61. The summed E-state index contributed by atoms with van der Waals surface area (Å²) in [5.41, 5.74) is 6.13. The zero-order chi connectivity index (χ0) is 12.1. The number of esters is 1. The number of aromatic nitrogens is 1. The van der Waals surface area contributed by atoms with Crippen molar-refractivity contribution < 1.29 is 14.1 Å². The lowest BCUT2D eigenvalue weighted by atomic mass is 10.1. The molecule has 0 aliphatic heterocycles. The van der Waals surface area contributed by atoms with Crippen LogP contribution in [0.1, 0.15) is 28.7 Å². The van der Waals surface area contributed by atoms with Gasteiger partial charge in [0.1, 0.15) is 5.76 Å². The van der Waals surface area contributed by atoms with Gasteiger partial charge in [-0.25, -0.2) is 4.79 Å². The molecule has 0 saturated heterocycles. The Labute approximate surface area is 93.0 Å². The number of nitrogens with two attached hydrogens (primary N) is 1. The van der Waals surface area contributed by atoms with Crippen LogP contribution in [0, 0.1) is 18.3 Å². The lowest BCUT2D eigenvalue weighted by Crippen LogP contribution is -2.22. The largest absolute Gasteiger partial charge is 0.461 e. The zero-order valence-corrected chi connectivity index (χ0v) is 9.19. The lowest BCUT2D eigenvalue weighted by molar-refractivity contribution is 0.0513. The van der Waals surface area contributed by atoms with Gasteiger partial charge in [0.15, 0.2) is 5.69 Å². The normalized spacial score (nSPS) is 11.9. The molecule has 6 heteroatoms.